The smallest absolute Gasteiger partial charge is 0.213 e. The number of nitrogens with one attached hydrogen (secondary N) is 2. The summed E-state index contributed by atoms with van der Waals surface area (Å²) in [7, 11) is -1.81. The van der Waals surface area contributed by atoms with Crippen molar-refractivity contribution in [2.75, 3.05) is 24.7 Å². The first-order valence-corrected chi connectivity index (χ1v) is 6.34. The molecule has 0 fully saturated rings. The summed E-state index contributed by atoms with van der Waals surface area (Å²) < 4.78 is 24.4. The van der Waals surface area contributed by atoms with Crippen LogP contribution in [-0.2, 0) is 10.0 Å². The largest absolute Gasteiger partial charge is 0.368 e. The van der Waals surface area contributed by atoms with Crippen LogP contribution in [0.4, 0.5) is 5.82 Å². The van der Waals surface area contributed by atoms with Crippen molar-refractivity contribution in [3.05, 3.63) is 23.4 Å². The second-order valence-electron chi connectivity index (χ2n) is 2.78. The van der Waals surface area contributed by atoms with Gasteiger partial charge in [0, 0.05) is 12.7 Å². The molecule has 15 heavy (non-hydrogen) atoms. The van der Waals surface area contributed by atoms with Crippen LogP contribution in [0.1, 0.15) is 0 Å². The number of anilines is 1. The van der Waals surface area contributed by atoms with Gasteiger partial charge in [0.2, 0.25) is 10.0 Å². The van der Waals surface area contributed by atoms with E-state index in [1.807, 2.05) is 0 Å². The Balaban J connectivity index is 2.49. The molecule has 1 aromatic rings. The predicted molar refractivity (Wildman–Crippen MR) is 60.6 cm³/mol. The van der Waals surface area contributed by atoms with Crippen molar-refractivity contribution in [1.29, 1.82) is 0 Å². The van der Waals surface area contributed by atoms with Gasteiger partial charge >= 0.3 is 0 Å². The van der Waals surface area contributed by atoms with Gasteiger partial charge in [0.1, 0.15) is 5.82 Å². The third-order valence-electron chi connectivity index (χ3n) is 1.73. The first-order valence-electron chi connectivity index (χ1n) is 4.31. The van der Waals surface area contributed by atoms with Gasteiger partial charge in [-0.15, -0.1) is 0 Å². The lowest BCUT2D eigenvalue weighted by molar-refractivity contribution is 0.588. The first kappa shape index (κ1) is 12.2. The molecular formula is C8H12ClN3O2S. The summed E-state index contributed by atoms with van der Waals surface area (Å²) in [5.41, 5.74) is 0. The molecule has 7 heteroatoms. The molecule has 0 spiro atoms. The Morgan fingerprint density at radius 1 is 1.53 bits per heavy atom. The molecule has 0 aliphatic rings. The average Bonchev–Trinajstić information content (AvgIpc) is 2.21. The minimum absolute atomic E-state index is 0.0175. The Hall–Kier alpha value is -0.850. The highest BCUT2D eigenvalue weighted by Gasteiger charge is 2.06. The minimum Gasteiger partial charge on any atom is -0.368 e. The fourth-order valence-electron chi connectivity index (χ4n) is 0.922. The number of sulfonamides is 1. The Bertz CT molecular complexity index is 422. The second kappa shape index (κ2) is 5.29. The van der Waals surface area contributed by atoms with Gasteiger partial charge in [-0.2, -0.15) is 0 Å². The zero-order valence-corrected chi connectivity index (χ0v) is 9.77. The van der Waals surface area contributed by atoms with Gasteiger partial charge < -0.3 is 5.32 Å². The van der Waals surface area contributed by atoms with Crippen molar-refractivity contribution in [2.24, 2.45) is 0 Å². The summed E-state index contributed by atoms with van der Waals surface area (Å²) >= 11 is 5.82. The van der Waals surface area contributed by atoms with E-state index in [0.717, 1.165) is 0 Å². The number of hydrogen-bond acceptors (Lipinski definition) is 4. The zero-order valence-electron chi connectivity index (χ0n) is 8.20. The monoisotopic (exact) mass is 249 g/mol. The van der Waals surface area contributed by atoms with Crippen molar-refractivity contribution < 1.29 is 8.42 Å². The van der Waals surface area contributed by atoms with Crippen LogP contribution in [0.5, 0.6) is 0 Å². The van der Waals surface area contributed by atoms with Gasteiger partial charge in [0.25, 0.3) is 0 Å². The van der Waals surface area contributed by atoms with Crippen LogP contribution >= 0.6 is 11.6 Å². The first-order chi connectivity index (χ1) is 7.05. The third-order valence-corrected chi connectivity index (χ3v) is 3.40. The number of nitrogens with zero attached hydrogens (tertiary/aromatic N) is 1. The molecule has 2 N–H and O–H groups in total. The molecule has 1 aromatic heterocycles. The molecule has 0 saturated heterocycles. The van der Waals surface area contributed by atoms with Crippen molar-refractivity contribution >= 4 is 27.4 Å². The van der Waals surface area contributed by atoms with E-state index in [9.17, 15) is 8.42 Å². The summed E-state index contributed by atoms with van der Waals surface area (Å²) in [5.74, 6) is 0.474. The summed E-state index contributed by atoms with van der Waals surface area (Å²) in [6.45, 7) is 0.264. The maximum atomic E-state index is 11.1. The van der Waals surface area contributed by atoms with Crippen LogP contribution in [0.25, 0.3) is 0 Å². The molecule has 0 atom stereocenters. The van der Waals surface area contributed by atoms with Crippen LogP contribution in [-0.4, -0.2) is 32.7 Å². The fraction of sp³-hybridized carbons (Fsp3) is 0.375. The van der Waals surface area contributed by atoms with Crippen LogP contribution < -0.4 is 10.0 Å². The lowest BCUT2D eigenvalue weighted by atomic mass is 10.4. The zero-order chi connectivity index (χ0) is 11.3. The summed E-state index contributed by atoms with van der Waals surface area (Å²) in [4.78, 5) is 3.97. The summed E-state index contributed by atoms with van der Waals surface area (Å²) in [6.07, 6.45) is 1.58. The van der Waals surface area contributed by atoms with Crippen molar-refractivity contribution in [3.63, 3.8) is 0 Å². The van der Waals surface area contributed by atoms with Crippen molar-refractivity contribution in [2.45, 2.75) is 0 Å². The number of pyridine rings is 1. The van der Waals surface area contributed by atoms with Gasteiger partial charge in [0.15, 0.2) is 0 Å². The molecular weight excluding hydrogens is 238 g/mol. The van der Waals surface area contributed by atoms with E-state index in [0.29, 0.717) is 10.8 Å². The van der Waals surface area contributed by atoms with Crippen molar-refractivity contribution in [3.8, 4) is 0 Å². The Kier molecular flexibility index (Phi) is 4.31. The number of aromatic nitrogens is 1. The standard InChI is InChI=1S/C8H12ClN3O2S/c1-10-15(13,14)6-5-12-8-7(9)3-2-4-11-8/h2-4,10H,5-6H2,1H3,(H,11,12). The van der Waals surface area contributed by atoms with Crippen molar-refractivity contribution in [1.82, 2.24) is 9.71 Å². The highest BCUT2D eigenvalue weighted by atomic mass is 35.5. The van der Waals surface area contributed by atoms with E-state index in [2.05, 4.69) is 15.0 Å². The van der Waals surface area contributed by atoms with Gasteiger partial charge in [-0.1, -0.05) is 11.6 Å². The normalized spacial score (nSPS) is 11.3. The predicted octanol–water partition coefficient (Wildman–Crippen LogP) is 0.696. The quantitative estimate of drug-likeness (QED) is 0.806. The molecule has 5 nitrogen and oxygen atoms in total. The average molecular weight is 250 g/mol. The lowest BCUT2D eigenvalue weighted by Crippen LogP contribution is -2.26. The minimum atomic E-state index is -3.19. The maximum absolute atomic E-state index is 11.1. The molecule has 0 aromatic carbocycles. The Morgan fingerprint density at radius 3 is 2.87 bits per heavy atom. The Morgan fingerprint density at radius 2 is 2.27 bits per heavy atom. The summed E-state index contributed by atoms with van der Waals surface area (Å²) in [5, 5.41) is 3.31. The number of hydrogen-bond donors (Lipinski definition) is 2. The second-order valence-corrected chi connectivity index (χ2v) is 5.24. The van der Waals surface area contributed by atoms with E-state index >= 15 is 0 Å². The van der Waals surface area contributed by atoms with Gasteiger partial charge in [-0.3, -0.25) is 0 Å². The molecule has 0 radical (unpaired) electrons. The van der Waals surface area contributed by atoms with Gasteiger partial charge in [-0.05, 0) is 19.2 Å². The molecule has 0 bridgehead atoms. The third kappa shape index (κ3) is 4.03. The molecule has 0 aliphatic carbocycles. The molecule has 1 heterocycles. The maximum Gasteiger partial charge on any atom is 0.213 e. The lowest BCUT2D eigenvalue weighted by Gasteiger charge is -2.06. The molecule has 84 valence electrons. The highest BCUT2D eigenvalue weighted by molar-refractivity contribution is 7.89. The Labute approximate surface area is 93.9 Å². The van der Waals surface area contributed by atoms with E-state index in [1.54, 1.807) is 18.3 Å². The van der Waals surface area contributed by atoms with E-state index in [4.69, 9.17) is 11.6 Å². The van der Waals surface area contributed by atoms with Crippen LogP contribution in [0.2, 0.25) is 5.02 Å². The van der Waals surface area contributed by atoms with E-state index in [1.165, 1.54) is 7.05 Å². The molecule has 0 amide bonds. The van der Waals surface area contributed by atoms with Crippen LogP contribution in [0.15, 0.2) is 18.3 Å². The molecule has 0 unspecified atom stereocenters. The molecule has 1 rings (SSSR count). The van der Waals surface area contributed by atoms with Crippen LogP contribution in [0.3, 0.4) is 0 Å². The highest BCUT2D eigenvalue weighted by Crippen LogP contribution is 2.16. The number of halogens is 1. The molecule has 0 saturated carbocycles. The van der Waals surface area contributed by atoms with E-state index < -0.39 is 10.0 Å². The van der Waals surface area contributed by atoms with Crippen LogP contribution in [0, 0.1) is 0 Å². The summed E-state index contributed by atoms with van der Waals surface area (Å²) in [6, 6.07) is 3.39. The molecule has 0 aliphatic heterocycles. The topological polar surface area (TPSA) is 71.1 Å². The van der Waals surface area contributed by atoms with Gasteiger partial charge in [-0.25, -0.2) is 18.1 Å². The number of rotatable bonds is 5. The SMILES string of the molecule is CNS(=O)(=O)CCNc1ncccc1Cl. The van der Waals surface area contributed by atoms with Gasteiger partial charge in [0.05, 0.1) is 10.8 Å². The van der Waals surface area contributed by atoms with E-state index in [-0.39, 0.29) is 12.3 Å². The fourth-order valence-corrected chi connectivity index (χ4v) is 1.68.